The van der Waals surface area contributed by atoms with Crippen LogP contribution in [0.5, 0.6) is 0 Å². The van der Waals surface area contributed by atoms with Crippen LogP contribution in [0.3, 0.4) is 0 Å². The number of anilines is 1. The predicted molar refractivity (Wildman–Crippen MR) is 137 cm³/mol. The van der Waals surface area contributed by atoms with Gasteiger partial charge in [0.05, 0.1) is 0 Å². The van der Waals surface area contributed by atoms with Gasteiger partial charge in [-0.05, 0) is 65.2 Å². The highest BCUT2D eigenvalue weighted by Gasteiger charge is 2.33. The van der Waals surface area contributed by atoms with Gasteiger partial charge in [-0.15, -0.1) is 0 Å². The van der Waals surface area contributed by atoms with Crippen molar-refractivity contribution in [1.29, 1.82) is 0 Å². The Bertz CT molecular complexity index is 1330. The van der Waals surface area contributed by atoms with Crippen molar-refractivity contribution in [2.75, 3.05) is 18.4 Å². The quantitative estimate of drug-likeness (QED) is 0.522. The van der Waals surface area contributed by atoms with Crippen molar-refractivity contribution >= 4 is 17.6 Å². The van der Waals surface area contributed by atoms with Gasteiger partial charge in [0.2, 0.25) is 0 Å². The Labute approximate surface area is 209 Å². The lowest BCUT2D eigenvalue weighted by atomic mass is 9.93. The molecule has 0 aliphatic carbocycles. The van der Waals surface area contributed by atoms with Crippen LogP contribution in [0, 0.1) is 11.6 Å². The number of aliphatic imine (C=N–C) groups is 1. The van der Waals surface area contributed by atoms with E-state index in [0.29, 0.717) is 47.6 Å². The highest BCUT2D eigenvalue weighted by molar-refractivity contribution is 6.00. The second-order valence-electron chi connectivity index (χ2n) is 9.19. The minimum atomic E-state index is -0.908. The van der Waals surface area contributed by atoms with Crippen LogP contribution in [0.4, 0.5) is 14.5 Å². The first-order valence-electron chi connectivity index (χ1n) is 12.2. The fourth-order valence-electron chi connectivity index (χ4n) is 4.98. The number of guanidine groups is 1. The standard InChI is InChI=1S/C28H29F2N5O/c1-3-34(4-2)14-20-12-23(29)24(30)13-21(20)17-9-10-25-22(11-17)26(33-28(31)32-25)27(36)35-15-18-7-5-6-8-19(18)16-35/h5-13,26H,3-4,14-16H2,1-2H3,(H3,31,32,33). The first kappa shape index (κ1) is 23.9. The van der Waals surface area contributed by atoms with E-state index in [9.17, 15) is 13.6 Å². The molecule has 0 fully saturated rings. The molecule has 2 aliphatic heterocycles. The third-order valence-electron chi connectivity index (χ3n) is 7.01. The normalized spacial score (nSPS) is 16.4. The molecule has 0 aromatic heterocycles. The molecule has 1 amide bonds. The summed E-state index contributed by atoms with van der Waals surface area (Å²) in [5, 5.41) is 3.03. The first-order valence-corrected chi connectivity index (χ1v) is 12.2. The lowest BCUT2D eigenvalue weighted by Gasteiger charge is -2.27. The summed E-state index contributed by atoms with van der Waals surface area (Å²) in [7, 11) is 0. The molecule has 0 bridgehead atoms. The molecular weight excluding hydrogens is 460 g/mol. The molecule has 8 heteroatoms. The van der Waals surface area contributed by atoms with Gasteiger partial charge in [-0.3, -0.25) is 9.69 Å². The molecule has 2 heterocycles. The van der Waals surface area contributed by atoms with Crippen LogP contribution in [0.25, 0.3) is 11.1 Å². The number of halogens is 2. The molecule has 1 atom stereocenters. The second kappa shape index (κ2) is 9.70. The Morgan fingerprint density at radius 2 is 1.72 bits per heavy atom. The Hall–Kier alpha value is -3.78. The van der Waals surface area contributed by atoms with Gasteiger partial charge in [0.15, 0.2) is 23.6 Å². The van der Waals surface area contributed by atoms with Crippen LogP contribution in [0.15, 0.2) is 59.6 Å². The first-order chi connectivity index (χ1) is 17.4. The molecule has 186 valence electrons. The van der Waals surface area contributed by atoms with Crippen molar-refractivity contribution in [2.24, 2.45) is 10.7 Å². The number of nitrogens with two attached hydrogens (primary N) is 1. The molecule has 6 nitrogen and oxygen atoms in total. The third kappa shape index (κ3) is 4.44. The Balaban J connectivity index is 1.52. The summed E-state index contributed by atoms with van der Waals surface area (Å²) in [5.41, 5.74) is 11.6. The second-order valence-corrected chi connectivity index (χ2v) is 9.19. The number of fused-ring (bicyclic) bond motifs is 2. The van der Waals surface area contributed by atoms with Gasteiger partial charge in [0, 0.05) is 30.9 Å². The molecule has 0 radical (unpaired) electrons. The van der Waals surface area contributed by atoms with E-state index in [1.807, 2.05) is 56.3 Å². The smallest absolute Gasteiger partial charge is 0.252 e. The molecular formula is C28H29F2N5O. The fourth-order valence-corrected chi connectivity index (χ4v) is 4.98. The molecule has 2 aliphatic rings. The van der Waals surface area contributed by atoms with E-state index in [4.69, 9.17) is 5.73 Å². The monoisotopic (exact) mass is 489 g/mol. The number of carbonyl (C=O) groups excluding carboxylic acids is 1. The number of nitrogens with zero attached hydrogens (tertiary/aromatic N) is 3. The maximum Gasteiger partial charge on any atom is 0.252 e. The van der Waals surface area contributed by atoms with E-state index in [0.717, 1.165) is 24.2 Å². The van der Waals surface area contributed by atoms with Gasteiger partial charge in [-0.1, -0.05) is 44.2 Å². The average molecular weight is 490 g/mol. The van der Waals surface area contributed by atoms with Gasteiger partial charge < -0.3 is 16.0 Å². The van der Waals surface area contributed by atoms with Crippen LogP contribution in [-0.4, -0.2) is 34.8 Å². The fraction of sp³-hybridized carbons (Fsp3) is 0.286. The van der Waals surface area contributed by atoms with Crippen molar-refractivity contribution in [1.82, 2.24) is 9.80 Å². The van der Waals surface area contributed by atoms with Gasteiger partial charge >= 0.3 is 0 Å². The predicted octanol–water partition coefficient (Wildman–Crippen LogP) is 4.80. The van der Waals surface area contributed by atoms with Crippen LogP contribution in [-0.2, 0) is 24.4 Å². The van der Waals surface area contributed by atoms with Gasteiger partial charge in [0.1, 0.15) is 0 Å². The third-order valence-corrected chi connectivity index (χ3v) is 7.01. The van der Waals surface area contributed by atoms with E-state index < -0.39 is 17.7 Å². The van der Waals surface area contributed by atoms with Crippen molar-refractivity contribution in [2.45, 2.75) is 39.5 Å². The Morgan fingerprint density at radius 3 is 2.39 bits per heavy atom. The van der Waals surface area contributed by atoms with E-state index in [-0.39, 0.29) is 11.9 Å². The van der Waals surface area contributed by atoms with Crippen molar-refractivity contribution < 1.29 is 13.6 Å². The number of benzene rings is 3. The van der Waals surface area contributed by atoms with Crippen molar-refractivity contribution in [3.63, 3.8) is 0 Å². The van der Waals surface area contributed by atoms with Crippen molar-refractivity contribution in [3.05, 3.63) is 88.5 Å². The SMILES string of the molecule is CCN(CC)Cc1cc(F)c(F)cc1-c1ccc2c(c1)C(C(=O)N1Cc3ccccc3C1)N=C(N)N2. The minimum absolute atomic E-state index is 0.150. The summed E-state index contributed by atoms with van der Waals surface area (Å²) in [6.45, 7) is 7.14. The number of hydrogen-bond donors (Lipinski definition) is 2. The Morgan fingerprint density at radius 1 is 1.06 bits per heavy atom. The largest absolute Gasteiger partial charge is 0.370 e. The van der Waals surface area contributed by atoms with Crippen LogP contribution < -0.4 is 11.1 Å². The number of carbonyl (C=O) groups is 1. The van der Waals surface area contributed by atoms with Crippen molar-refractivity contribution in [3.8, 4) is 11.1 Å². The molecule has 3 N–H and O–H groups in total. The topological polar surface area (TPSA) is 74.0 Å². The van der Waals surface area contributed by atoms with E-state index >= 15 is 0 Å². The molecule has 1 unspecified atom stereocenters. The molecule has 0 saturated heterocycles. The lowest BCUT2D eigenvalue weighted by molar-refractivity contribution is -0.133. The maximum absolute atomic E-state index is 14.4. The number of rotatable bonds is 6. The van der Waals surface area contributed by atoms with Gasteiger partial charge in [-0.2, -0.15) is 0 Å². The zero-order valence-corrected chi connectivity index (χ0v) is 20.4. The summed E-state index contributed by atoms with van der Waals surface area (Å²) in [5.74, 6) is -1.77. The molecule has 36 heavy (non-hydrogen) atoms. The number of hydrogen-bond acceptors (Lipinski definition) is 5. The highest BCUT2D eigenvalue weighted by Crippen LogP contribution is 2.37. The zero-order chi connectivity index (χ0) is 25.4. The van der Waals surface area contributed by atoms with E-state index in [1.54, 1.807) is 4.90 Å². The number of nitrogens with one attached hydrogen (secondary N) is 1. The van der Waals surface area contributed by atoms with E-state index in [2.05, 4.69) is 15.2 Å². The van der Waals surface area contributed by atoms with Crippen LogP contribution in [0.2, 0.25) is 0 Å². The molecule has 5 rings (SSSR count). The summed E-state index contributed by atoms with van der Waals surface area (Å²) < 4.78 is 28.6. The summed E-state index contributed by atoms with van der Waals surface area (Å²) in [6, 6.07) is 15.1. The van der Waals surface area contributed by atoms with Gasteiger partial charge in [-0.25, -0.2) is 13.8 Å². The van der Waals surface area contributed by atoms with Crippen LogP contribution in [0.1, 0.15) is 42.1 Å². The van der Waals surface area contributed by atoms with Gasteiger partial charge in [0.25, 0.3) is 5.91 Å². The summed E-state index contributed by atoms with van der Waals surface area (Å²) in [6.07, 6.45) is 0. The zero-order valence-electron chi connectivity index (χ0n) is 20.4. The van der Waals surface area contributed by atoms with Crippen LogP contribution >= 0.6 is 0 Å². The minimum Gasteiger partial charge on any atom is -0.370 e. The number of amides is 1. The molecule has 3 aromatic carbocycles. The molecule has 0 saturated carbocycles. The molecule has 3 aromatic rings. The summed E-state index contributed by atoms with van der Waals surface area (Å²) >= 11 is 0. The average Bonchev–Trinajstić information content (AvgIpc) is 3.32. The highest BCUT2D eigenvalue weighted by atomic mass is 19.2. The van der Waals surface area contributed by atoms with E-state index in [1.165, 1.54) is 12.1 Å². The molecule has 0 spiro atoms. The lowest BCUT2D eigenvalue weighted by Crippen LogP contribution is -2.36. The summed E-state index contributed by atoms with van der Waals surface area (Å²) in [4.78, 5) is 22.0. The maximum atomic E-state index is 14.4. The Kier molecular flexibility index (Phi) is 6.45.